The van der Waals surface area contributed by atoms with E-state index in [0.717, 1.165) is 11.6 Å². The van der Waals surface area contributed by atoms with Gasteiger partial charge in [0, 0.05) is 42.2 Å². The molecule has 0 unspecified atom stereocenters. The Morgan fingerprint density at radius 3 is 2.62 bits per heavy atom. The second-order valence-electron chi connectivity index (χ2n) is 9.24. The molecule has 17 heteroatoms. The number of nitrogens with one attached hydrogen (secondary N) is 2. The summed E-state index contributed by atoms with van der Waals surface area (Å²) >= 11 is 16.1. The first-order chi connectivity index (χ1) is 18.8. The molecule has 218 valence electrons. The van der Waals surface area contributed by atoms with E-state index in [2.05, 4.69) is 30.4 Å². The zero-order valence-electron chi connectivity index (χ0n) is 20.9. The van der Waals surface area contributed by atoms with E-state index in [1.165, 1.54) is 28.4 Å². The van der Waals surface area contributed by atoms with Crippen molar-refractivity contribution in [2.75, 3.05) is 26.2 Å². The van der Waals surface area contributed by atoms with Crippen LogP contribution in [0.2, 0.25) is 9.49 Å². The average Bonchev–Trinajstić information content (AvgIpc) is 3.54. The maximum absolute atomic E-state index is 13.2. The van der Waals surface area contributed by atoms with Crippen LogP contribution in [0.1, 0.15) is 30.6 Å². The Morgan fingerprint density at radius 2 is 1.93 bits per heavy atom. The third-order valence-electron chi connectivity index (χ3n) is 6.46. The molecule has 2 aliphatic heterocycles. The van der Waals surface area contributed by atoms with Crippen molar-refractivity contribution < 1.29 is 26.4 Å². The highest BCUT2D eigenvalue weighted by atomic mass is 79.9. The fraction of sp³-hybridized carbons (Fsp3) is 0.435. The summed E-state index contributed by atoms with van der Waals surface area (Å²) in [6.07, 6.45) is 4.65. The highest BCUT2D eigenvalue weighted by Crippen LogP contribution is 2.25. The number of amides is 2. The van der Waals surface area contributed by atoms with Crippen LogP contribution in [0.5, 0.6) is 0 Å². The van der Waals surface area contributed by atoms with E-state index in [1.54, 1.807) is 17.0 Å². The SMILES string of the molecule is O=C1[C@@H](NS(=O)(=O)C=Cc2ccc(Cl)s2)CCCN1CC(=O)N1CCC[C@@H]1CNS(=O)(=O)c1cnc(Cl)c(Br)c1. The number of hydrogen-bond acceptors (Lipinski definition) is 8. The molecule has 2 aromatic rings. The molecule has 2 aliphatic rings. The molecule has 0 aliphatic carbocycles. The van der Waals surface area contributed by atoms with Gasteiger partial charge in [-0.25, -0.2) is 26.5 Å². The number of nitrogens with zero attached hydrogens (tertiary/aromatic N) is 3. The number of rotatable bonds is 10. The van der Waals surface area contributed by atoms with Crippen LogP contribution in [0, 0.1) is 0 Å². The molecule has 0 aromatic carbocycles. The van der Waals surface area contributed by atoms with Crippen molar-refractivity contribution in [3.8, 4) is 0 Å². The van der Waals surface area contributed by atoms with E-state index in [-0.39, 0.29) is 29.0 Å². The summed E-state index contributed by atoms with van der Waals surface area (Å²) in [7, 11) is -7.82. The van der Waals surface area contributed by atoms with Crippen molar-refractivity contribution in [2.45, 2.75) is 42.7 Å². The predicted molar refractivity (Wildman–Crippen MR) is 157 cm³/mol. The zero-order chi connectivity index (χ0) is 29.1. The van der Waals surface area contributed by atoms with Crippen molar-refractivity contribution in [1.82, 2.24) is 24.2 Å². The van der Waals surface area contributed by atoms with Gasteiger partial charge in [-0.15, -0.1) is 11.3 Å². The number of hydrogen-bond donors (Lipinski definition) is 2. The minimum absolute atomic E-state index is 0.00746. The standard InChI is InChI=1S/C23H26BrCl2N5O6S3/c24-18-11-17(13-27-22(18)26)40(36,37)28-12-15-3-1-9-31(15)21(32)14-30-8-2-4-19(23(30)33)29-39(34,35)10-7-16-5-6-20(25)38-16/h5-7,10-11,13,15,19,28-29H,1-4,8-9,12,14H2/t15-,19+/m1/s1. The largest absolute Gasteiger partial charge is 0.337 e. The van der Waals surface area contributed by atoms with E-state index in [1.807, 2.05) is 0 Å². The third kappa shape index (κ3) is 8.03. The number of likely N-dealkylation sites (tertiary alicyclic amines) is 2. The minimum atomic E-state index is -3.92. The first kappa shape index (κ1) is 31.3. The van der Waals surface area contributed by atoms with E-state index < -0.39 is 38.0 Å². The quantitative estimate of drug-likeness (QED) is 0.360. The molecule has 2 aromatic heterocycles. The molecule has 2 N–H and O–H groups in total. The summed E-state index contributed by atoms with van der Waals surface area (Å²) in [5.41, 5.74) is 0. The second kappa shape index (κ2) is 13.2. The number of carbonyl (C=O) groups is 2. The molecule has 0 spiro atoms. The Bertz CT molecular complexity index is 1520. The van der Waals surface area contributed by atoms with Gasteiger partial charge in [0.05, 0.1) is 15.4 Å². The smallest absolute Gasteiger partial charge is 0.242 e. The highest BCUT2D eigenvalue weighted by molar-refractivity contribution is 9.10. The average molecular weight is 716 g/mol. The third-order valence-corrected chi connectivity index (χ3v) is 11.3. The van der Waals surface area contributed by atoms with Crippen LogP contribution in [-0.4, -0.2) is 81.7 Å². The van der Waals surface area contributed by atoms with E-state index in [0.29, 0.717) is 52.5 Å². The summed E-state index contributed by atoms with van der Waals surface area (Å²) in [5.74, 6) is -0.808. The van der Waals surface area contributed by atoms with Crippen LogP contribution < -0.4 is 9.44 Å². The van der Waals surface area contributed by atoms with Gasteiger partial charge in [0.1, 0.15) is 16.1 Å². The van der Waals surface area contributed by atoms with Gasteiger partial charge < -0.3 is 9.80 Å². The Labute approximate surface area is 255 Å². The van der Waals surface area contributed by atoms with Crippen molar-refractivity contribution in [3.63, 3.8) is 0 Å². The number of carbonyl (C=O) groups excluding carboxylic acids is 2. The van der Waals surface area contributed by atoms with E-state index >= 15 is 0 Å². The number of aromatic nitrogens is 1. The van der Waals surface area contributed by atoms with Gasteiger partial charge in [-0.05, 0) is 65.9 Å². The van der Waals surface area contributed by atoms with E-state index in [9.17, 15) is 26.4 Å². The Balaban J connectivity index is 1.34. The Kier molecular flexibility index (Phi) is 10.3. The topological polar surface area (TPSA) is 146 Å². The summed E-state index contributed by atoms with van der Waals surface area (Å²) in [4.78, 5) is 33.6. The number of pyridine rings is 1. The maximum Gasteiger partial charge on any atom is 0.242 e. The molecule has 2 atom stereocenters. The lowest BCUT2D eigenvalue weighted by molar-refractivity contribution is -0.143. The lowest BCUT2D eigenvalue weighted by Crippen LogP contribution is -2.55. The molecule has 2 amide bonds. The number of thiophene rings is 1. The molecule has 4 heterocycles. The molecule has 2 fully saturated rings. The summed E-state index contributed by atoms with van der Waals surface area (Å²) in [6.45, 7) is 0.509. The molecule has 2 saturated heterocycles. The monoisotopic (exact) mass is 713 g/mol. The number of halogens is 3. The summed E-state index contributed by atoms with van der Waals surface area (Å²) in [5, 5.41) is 1.12. The fourth-order valence-corrected chi connectivity index (χ4v) is 8.21. The first-order valence-electron chi connectivity index (χ1n) is 12.2. The van der Waals surface area contributed by atoms with Gasteiger partial charge in [0.15, 0.2) is 0 Å². The van der Waals surface area contributed by atoms with Gasteiger partial charge in [-0.3, -0.25) is 9.59 Å². The lowest BCUT2D eigenvalue weighted by atomic mass is 10.1. The number of piperidine rings is 1. The van der Waals surface area contributed by atoms with Gasteiger partial charge in [-0.2, -0.15) is 4.72 Å². The summed E-state index contributed by atoms with van der Waals surface area (Å²) in [6, 6.07) is 3.30. The normalized spacial score (nSPS) is 20.5. The van der Waals surface area contributed by atoms with Gasteiger partial charge in [0.2, 0.25) is 31.9 Å². The molecule has 40 heavy (non-hydrogen) atoms. The molecular weight excluding hydrogens is 689 g/mol. The van der Waals surface area contributed by atoms with Gasteiger partial charge in [0.25, 0.3) is 0 Å². The molecule has 0 radical (unpaired) electrons. The van der Waals surface area contributed by atoms with E-state index in [4.69, 9.17) is 23.2 Å². The lowest BCUT2D eigenvalue weighted by Gasteiger charge is -2.34. The zero-order valence-corrected chi connectivity index (χ0v) is 26.5. The molecular formula is C23H26BrCl2N5O6S3. The first-order valence-corrected chi connectivity index (χ1v) is 17.6. The molecule has 4 rings (SSSR count). The maximum atomic E-state index is 13.2. The molecule has 0 saturated carbocycles. The van der Waals surface area contributed by atoms with Gasteiger partial charge >= 0.3 is 0 Å². The summed E-state index contributed by atoms with van der Waals surface area (Å²) < 4.78 is 56.4. The minimum Gasteiger partial charge on any atom is -0.337 e. The van der Waals surface area contributed by atoms with Crippen molar-refractivity contribution in [1.29, 1.82) is 0 Å². The molecule has 11 nitrogen and oxygen atoms in total. The van der Waals surface area contributed by atoms with Gasteiger partial charge in [-0.1, -0.05) is 23.2 Å². The Morgan fingerprint density at radius 1 is 1.18 bits per heavy atom. The molecule has 0 bridgehead atoms. The van der Waals surface area contributed by atoms with Crippen LogP contribution >= 0.6 is 50.5 Å². The van der Waals surface area contributed by atoms with Crippen LogP contribution in [0.25, 0.3) is 6.08 Å². The van der Waals surface area contributed by atoms with Crippen molar-refractivity contribution in [3.05, 3.63) is 48.6 Å². The van der Waals surface area contributed by atoms with Crippen LogP contribution in [-0.2, 0) is 29.6 Å². The highest BCUT2D eigenvalue weighted by Gasteiger charge is 2.35. The fourth-order valence-electron chi connectivity index (χ4n) is 4.49. The van der Waals surface area contributed by atoms with Crippen molar-refractivity contribution in [2.24, 2.45) is 0 Å². The van der Waals surface area contributed by atoms with Crippen LogP contribution in [0.4, 0.5) is 0 Å². The van der Waals surface area contributed by atoms with Crippen LogP contribution in [0.15, 0.2) is 39.2 Å². The second-order valence-corrected chi connectivity index (χ2v) is 15.6. The number of sulfonamides is 2. The predicted octanol–water partition coefficient (Wildman–Crippen LogP) is 3.06. The van der Waals surface area contributed by atoms with Crippen LogP contribution in [0.3, 0.4) is 0 Å². The van der Waals surface area contributed by atoms with Crippen molar-refractivity contribution >= 4 is 88.4 Å². The Hall–Kier alpha value is -1.59.